The van der Waals surface area contributed by atoms with Crippen molar-refractivity contribution in [2.75, 3.05) is 5.73 Å². The molecule has 0 bridgehead atoms. The van der Waals surface area contributed by atoms with Gasteiger partial charge < -0.3 is 10.5 Å². The second kappa shape index (κ2) is 4.97. The summed E-state index contributed by atoms with van der Waals surface area (Å²) in [5.41, 5.74) is 5.34. The number of hydrogen-bond donors (Lipinski definition) is 1. The van der Waals surface area contributed by atoms with Gasteiger partial charge in [-0.05, 0) is 23.6 Å². The molecule has 2 aromatic rings. The third-order valence-electron chi connectivity index (χ3n) is 2.20. The van der Waals surface area contributed by atoms with Gasteiger partial charge in [-0.3, -0.25) is 0 Å². The third-order valence-corrected chi connectivity index (χ3v) is 3.05. The maximum Gasteiger partial charge on any atom is 0.340 e. The lowest BCUT2D eigenvalue weighted by atomic mass is 10.2. The van der Waals surface area contributed by atoms with E-state index in [4.69, 9.17) is 10.5 Å². The number of anilines is 1. The van der Waals surface area contributed by atoms with Crippen LogP contribution in [0.3, 0.4) is 0 Å². The number of para-hydroxylation sites is 1. The summed E-state index contributed by atoms with van der Waals surface area (Å²) in [6.45, 7) is 0.173. The molecule has 0 aliphatic rings. The number of rotatable bonds is 3. The monoisotopic (exact) mass is 251 g/mol. The molecule has 0 aliphatic heterocycles. The third kappa shape index (κ3) is 2.62. The summed E-state index contributed by atoms with van der Waals surface area (Å²) in [7, 11) is 0. The van der Waals surface area contributed by atoms with E-state index in [2.05, 4.69) is 0 Å². The molecule has 0 amide bonds. The number of ether oxygens (including phenoxy) is 1. The van der Waals surface area contributed by atoms with Crippen molar-refractivity contribution in [2.24, 2.45) is 0 Å². The molecule has 3 nitrogen and oxygen atoms in total. The molecule has 2 rings (SSSR count). The van der Waals surface area contributed by atoms with Crippen molar-refractivity contribution in [1.82, 2.24) is 0 Å². The summed E-state index contributed by atoms with van der Waals surface area (Å²) in [6.07, 6.45) is 0. The lowest BCUT2D eigenvalue weighted by Crippen LogP contribution is -2.09. The van der Waals surface area contributed by atoms with Crippen LogP contribution in [-0.2, 0) is 11.3 Å². The molecule has 0 fully saturated rings. The van der Waals surface area contributed by atoms with Crippen LogP contribution < -0.4 is 5.73 Å². The SMILES string of the molecule is Nc1c(F)cccc1C(=O)OCc1cccs1. The second-order valence-corrected chi connectivity index (χ2v) is 4.39. The van der Waals surface area contributed by atoms with Gasteiger partial charge in [0.2, 0.25) is 0 Å². The molecular weight excluding hydrogens is 241 g/mol. The summed E-state index contributed by atoms with van der Waals surface area (Å²) in [5, 5.41) is 1.89. The minimum Gasteiger partial charge on any atom is -0.456 e. The van der Waals surface area contributed by atoms with E-state index in [1.807, 2.05) is 17.5 Å². The van der Waals surface area contributed by atoms with Crippen molar-refractivity contribution in [3.63, 3.8) is 0 Å². The Morgan fingerprint density at radius 3 is 2.88 bits per heavy atom. The first-order chi connectivity index (χ1) is 8.18. The molecular formula is C12H10FNO2S. The van der Waals surface area contributed by atoms with E-state index in [0.717, 1.165) is 4.88 Å². The summed E-state index contributed by atoms with van der Waals surface area (Å²) >= 11 is 1.48. The molecule has 0 atom stereocenters. The normalized spacial score (nSPS) is 10.2. The number of hydrogen-bond acceptors (Lipinski definition) is 4. The summed E-state index contributed by atoms with van der Waals surface area (Å²) in [5.74, 6) is -1.23. The first kappa shape index (κ1) is 11.6. The Kier molecular flexibility index (Phi) is 3.39. The van der Waals surface area contributed by atoms with E-state index < -0.39 is 11.8 Å². The minimum atomic E-state index is -0.615. The number of nitrogen functional groups attached to an aromatic ring is 1. The van der Waals surface area contributed by atoms with Crippen LogP contribution in [0, 0.1) is 5.82 Å². The Labute approximate surface area is 102 Å². The maximum absolute atomic E-state index is 13.1. The zero-order valence-corrected chi connectivity index (χ0v) is 9.67. The molecule has 2 N–H and O–H groups in total. The van der Waals surface area contributed by atoms with Crippen molar-refractivity contribution in [2.45, 2.75) is 6.61 Å². The van der Waals surface area contributed by atoms with Crippen LogP contribution in [0.2, 0.25) is 0 Å². The van der Waals surface area contributed by atoms with Gasteiger partial charge in [-0.1, -0.05) is 12.1 Å². The highest BCUT2D eigenvalue weighted by molar-refractivity contribution is 7.09. The van der Waals surface area contributed by atoms with Crippen molar-refractivity contribution in [1.29, 1.82) is 0 Å². The molecule has 0 unspecified atom stereocenters. The van der Waals surface area contributed by atoms with E-state index in [9.17, 15) is 9.18 Å². The predicted octanol–water partition coefficient (Wildman–Crippen LogP) is 2.83. The number of carbonyl (C=O) groups excluding carboxylic acids is 1. The van der Waals surface area contributed by atoms with Gasteiger partial charge in [0.1, 0.15) is 12.4 Å². The summed E-state index contributed by atoms with van der Waals surface area (Å²) in [6, 6.07) is 7.78. The molecule has 17 heavy (non-hydrogen) atoms. The van der Waals surface area contributed by atoms with Gasteiger partial charge in [-0.15, -0.1) is 11.3 Å². The lowest BCUT2D eigenvalue weighted by Gasteiger charge is -2.06. The van der Waals surface area contributed by atoms with Crippen LogP contribution in [0.4, 0.5) is 10.1 Å². The van der Waals surface area contributed by atoms with Crippen LogP contribution in [0.25, 0.3) is 0 Å². The average molecular weight is 251 g/mol. The highest BCUT2D eigenvalue weighted by Gasteiger charge is 2.13. The van der Waals surface area contributed by atoms with Gasteiger partial charge in [-0.25, -0.2) is 9.18 Å². The smallest absolute Gasteiger partial charge is 0.340 e. The molecule has 0 saturated carbocycles. The molecule has 88 valence electrons. The fourth-order valence-electron chi connectivity index (χ4n) is 1.32. The van der Waals surface area contributed by atoms with E-state index in [1.54, 1.807) is 0 Å². The minimum absolute atomic E-state index is 0.0570. The zero-order valence-electron chi connectivity index (χ0n) is 8.85. The Bertz CT molecular complexity index is 525. The largest absolute Gasteiger partial charge is 0.456 e. The molecule has 0 radical (unpaired) electrons. The average Bonchev–Trinajstić information content (AvgIpc) is 2.82. The van der Waals surface area contributed by atoms with E-state index in [1.165, 1.54) is 29.5 Å². The molecule has 0 spiro atoms. The van der Waals surface area contributed by atoms with Crippen molar-refractivity contribution in [3.05, 3.63) is 52.0 Å². The second-order valence-electron chi connectivity index (χ2n) is 3.36. The predicted molar refractivity (Wildman–Crippen MR) is 64.3 cm³/mol. The van der Waals surface area contributed by atoms with Gasteiger partial charge >= 0.3 is 5.97 Å². The van der Waals surface area contributed by atoms with Crippen LogP contribution in [0.15, 0.2) is 35.7 Å². The number of halogens is 1. The molecule has 1 aromatic heterocycles. The highest BCUT2D eigenvalue weighted by atomic mass is 32.1. The Morgan fingerprint density at radius 1 is 1.35 bits per heavy atom. The summed E-state index contributed by atoms with van der Waals surface area (Å²) < 4.78 is 18.2. The van der Waals surface area contributed by atoms with Gasteiger partial charge in [0.15, 0.2) is 0 Å². The molecule has 1 aromatic carbocycles. The molecule has 0 saturated heterocycles. The van der Waals surface area contributed by atoms with Crippen LogP contribution in [0.5, 0.6) is 0 Å². The van der Waals surface area contributed by atoms with Crippen LogP contribution in [0.1, 0.15) is 15.2 Å². The topological polar surface area (TPSA) is 52.3 Å². The van der Waals surface area contributed by atoms with E-state index in [0.29, 0.717) is 0 Å². The fraction of sp³-hybridized carbons (Fsp3) is 0.0833. The Morgan fingerprint density at radius 2 is 2.18 bits per heavy atom. The van der Waals surface area contributed by atoms with Crippen molar-refractivity contribution in [3.8, 4) is 0 Å². The van der Waals surface area contributed by atoms with Crippen LogP contribution >= 0.6 is 11.3 Å². The first-order valence-electron chi connectivity index (χ1n) is 4.92. The van der Waals surface area contributed by atoms with E-state index >= 15 is 0 Å². The van der Waals surface area contributed by atoms with Crippen molar-refractivity contribution >= 4 is 23.0 Å². The fourth-order valence-corrected chi connectivity index (χ4v) is 1.94. The number of thiophene rings is 1. The van der Waals surface area contributed by atoms with Crippen molar-refractivity contribution < 1.29 is 13.9 Å². The number of carbonyl (C=O) groups is 1. The molecule has 5 heteroatoms. The number of benzene rings is 1. The van der Waals surface area contributed by atoms with Gasteiger partial charge in [-0.2, -0.15) is 0 Å². The standard InChI is InChI=1S/C12H10FNO2S/c13-10-5-1-4-9(11(10)14)12(15)16-7-8-3-2-6-17-8/h1-6H,7,14H2. The van der Waals surface area contributed by atoms with Gasteiger partial charge in [0, 0.05) is 4.88 Å². The molecule has 0 aliphatic carbocycles. The van der Waals surface area contributed by atoms with E-state index in [-0.39, 0.29) is 17.9 Å². The highest BCUT2D eigenvalue weighted by Crippen LogP contribution is 2.18. The lowest BCUT2D eigenvalue weighted by molar-refractivity contribution is 0.0477. The van der Waals surface area contributed by atoms with Crippen LogP contribution in [-0.4, -0.2) is 5.97 Å². The van der Waals surface area contributed by atoms with Gasteiger partial charge in [0.05, 0.1) is 11.3 Å². The number of esters is 1. The maximum atomic E-state index is 13.1. The molecule has 1 heterocycles. The first-order valence-corrected chi connectivity index (χ1v) is 5.80. The van der Waals surface area contributed by atoms with Gasteiger partial charge in [0.25, 0.3) is 0 Å². The Hall–Kier alpha value is -1.88. The Balaban J connectivity index is 2.07. The summed E-state index contributed by atoms with van der Waals surface area (Å²) in [4.78, 5) is 12.6. The number of nitrogens with two attached hydrogens (primary N) is 1. The zero-order chi connectivity index (χ0) is 12.3. The quantitative estimate of drug-likeness (QED) is 0.674.